The largest absolute Gasteiger partial charge is 0.496 e. The van der Waals surface area contributed by atoms with Gasteiger partial charge in [-0.05, 0) is 38.5 Å². The van der Waals surface area contributed by atoms with E-state index in [1.807, 2.05) is 30.9 Å². The Labute approximate surface area is 153 Å². The van der Waals surface area contributed by atoms with Crippen molar-refractivity contribution in [3.8, 4) is 5.75 Å². The van der Waals surface area contributed by atoms with Crippen LogP contribution in [0.2, 0.25) is 0 Å². The first-order chi connectivity index (χ1) is 12.1. The van der Waals surface area contributed by atoms with Crippen molar-refractivity contribution in [2.75, 3.05) is 30.0 Å². The second kappa shape index (κ2) is 6.41. The highest BCUT2D eigenvalue weighted by atomic mass is 32.2. The second-order valence-corrected chi connectivity index (χ2v) is 8.03. The number of aryl methyl sites for hydroxylation is 1. The zero-order valence-electron chi connectivity index (χ0n) is 15.0. The Kier molecular flexibility index (Phi) is 4.23. The van der Waals surface area contributed by atoms with E-state index in [2.05, 4.69) is 21.8 Å². The van der Waals surface area contributed by atoms with Crippen LogP contribution in [0.3, 0.4) is 0 Å². The van der Waals surface area contributed by atoms with Crippen LogP contribution in [-0.4, -0.2) is 29.4 Å². The molecule has 0 fully saturated rings. The molecule has 0 radical (unpaired) electrons. The first-order valence-electron chi connectivity index (χ1n) is 8.75. The lowest BCUT2D eigenvalue weighted by atomic mass is 9.98. The summed E-state index contributed by atoms with van der Waals surface area (Å²) in [4.78, 5) is 13.0. The van der Waals surface area contributed by atoms with Crippen molar-refractivity contribution < 1.29 is 4.74 Å². The van der Waals surface area contributed by atoms with E-state index in [1.165, 1.54) is 29.1 Å². The van der Waals surface area contributed by atoms with Crippen LogP contribution in [0, 0.1) is 13.8 Å². The predicted molar refractivity (Wildman–Crippen MR) is 103 cm³/mol. The SMILES string of the molecule is COc1c(C)cnc(CN2CC3CCCSc4cc(N)nc2c43)c1C. The quantitative estimate of drug-likeness (QED) is 0.905. The lowest BCUT2D eigenvalue weighted by Crippen LogP contribution is -2.23. The van der Waals surface area contributed by atoms with Gasteiger partial charge in [-0.3, -0.25) is 4.98 Å². The van der Waals surface area contributed by atoms with E-state index in [0.29, 0.717) is 11.7 Å². The molecule has 2 N–H and O–H groups in total. The molecular formula is C19H24N4OS. The number of methoxy groups -OCH3 is 1. The molecular weight excluding hydrogens is 332 g/mol. The molecule has 25 heavy (non-hydrogen) atoms. The van der Waals surface area contributed by atoms with Gasteiger partial charge < -0.3 is 15.4 Å². The minimum atomic E-state index is 0.556. The number of hydrogen-bond acceptors (Lipinski definition) is 6. The molecule has 0 spiro atoms. The summed E-state index contributed by atoms with van der Waals surface area (Å²) in [7, 11) is 1.72. The van der Waals surface area contributed by atoms with Crippen molar-refractivity contribution in [2.45, 2.75) is 44.0 Å². The maximum absolute atomic E-state index is 6.09. The normalized spacial score (nSPS) is 18.8. The molecule has 2 aliphatic heterocycles. The summed E-state index contributed by atoms with van der Waals surface area (Å²) in [5, 5.41) is 0. The molecule has 2 aromatic heterocycles. The summed E-state index contributed by atoms with van der Waals surface area (Å²) >= 11 is 1.92. The van der Waals surface area contributed by atoms with E-state index in [1.54, 1.807) is 7.11 Å². The fraction of sp³-hybridized carbons (Fsp3) is 0.474. The summed E-state index contributed by atoms with van der Waals surface area (Å²) in [5.74, 6) is 4.32. The minimum Gasteiger partial charge on any atom is -0.496 e. The number of nitrogens with two attached hydrogens (primary N) is 1. The van der Waals surface area contributed by atoms with Crippen molar-refractivity contribution in [1.29, 1.82) is 0 Å². The Morgan fingerprint density at radius 1 is 1.40 bits per heavy atom. The number of aromatic nitrogens is 2. The smallest absolute Gasteiger partial charge is 0.136 e. The Morgan fingerprint density at radius 3 is 3.04 bits per heavy atom. The van der Waals surface area contributed by atoms with Gasteiger partial charge in [-0.25, -0.2) is 4.98 Å². The molecule has 1 atom stereocenters. The second-order valence-electron chi connectivity index (χ2n) is 6.90. The third-order valence-electron chi connectivity index (χ3n) is 5.21. The maximum atomic E-state index is 6.09. The molecule has 0 bridgehead atoms. The fourth-order valence-electron chi connectivity index (χ4n) is 4.02. The Morgan fingerprint density at radius 2 is 2.24 bits per heavy atom. The number of nitrogens with zero attached hydrogens (tertiary/aromatic N) is 3. The summed E-state index contributed by atoms with van der Waals surface area (Å²) in [6, 6.07) is 2.05. The number of thioether (sulfide) groups is 1. The lowest BCUT2D eigenvalue weighted by Gasteiger charge is -2.21. The average Bonchev–Trinajstić information content (AvgIpc) is 2.78. The van der Waals surface area contributed by atoms with Crippen molar-refractivity contribution in [3.05, 3.63) is 34.6 Å². The van der Waals surface area contributed by atoms with Gasteiger partial charge >= 0.3 is 0 Å². The van der Waals surface area contributed by atoms with E-state index >= 15 is 0 Å². The summed E-state index contributed by atoms with van der Waals surface area (Å²) in [6.07, 6.45) is 4.36. The molecule has 4 rings (SSSR count). The zero-order valence-corrected chi connectivity index (χ0v) is 15.8. The Hall–Kier alpha value is -1.95. The lowest BCUT2D eigenvalue weighted by molar-refractivity contribution is 0.406. The molecule has 2 aliphatic rings. The van der Waals surface area contributed by atoms with Gasteiger partial charge in [-0.1, -0.05) is 0 Å². The van der Waals surface area contributed by atoms with E-state index in [9.17, 15) is 0 Å². The van der Waals surface area contributed by atoms with E-state index in [-0.39, 0.29) is 0 Å². The molecule has 2 aromatic rings. The molecule has 1 unspecified atom stereocenters. The first-order valence-corrected chi connectivity index (χ1v) is 9.74. The molecule has 5 nitrogen and oxygen atoms in total. The average molecular weight is 356 g/mol. The van der Waals surface area contributed by atoms with E-state index in [0.717, 1.165) is 41.5 Å². The van der Waals surface area contributed by atoms with Gasteiger partial charge in [0.25, 0.3) is 0 Å². The molecule has 0 saturated heterocycles. The monoisotopic (exact) mass is 356 g/mol. The van der Waals surface area contributed by atoms with Crippen LogP contribution in [0.4, 0.5) is 11.6 Å². The van der Waals surface area contributed by atoms with Crippen molar-refractivity contribution in [3.63, 3.8) is 0 Å². The first kappa shape index (κ1) is 16.5. The minimum absolute atomic E-state index is 0.556. The maximum Gasteiger partial charge on any atom is 0.136 e. The van der Waals surface area contributed by atoms with Gasteiger partial charge in [0.15, 0.2) is 0 Å². The molecule has 6 heteroatoms. The van der Waals surface area contributed by atoms with Crippen LogP contribution in [0.25, 0.3) is 0 Å². The molecule has 0 aromatic carbocycles. The van der Waals surface area contributed by atoms with Gasteiger partial charge in [0, 0.05) is 40.2 Å². The molecule has 0 amide bonds. The Bertz CT molecular complexity index is 824. The number of hydrogen-bond donors (Lipinski definition) is 1. The molecule has 0 saturated carbocycles. The molecule has 0 aliphatic carbocycles. The number of rotatable bonds is 3. The highest BCUT2D eigenvalue weighted by molar-refractivity contribution is 7.99. The van der Waals surface area contributed by atoms with Crippen LogP contribution in [0.5, 0.6) is 5.75 Å². The molecule has 4 heterocycles. The van der Waals surface area contributed by atoms with Crippen LogP contribution in [-0.2, 0) is 6.54 Å². The van der Waals surface area contributed by atoms with Crippen LogP contribution in [0.1, 0.15) is 41.1 Å². The number of pyridine rings is 2. The van der Waals surface area contributed by atoms with E-state index < -0.39 is 0 Å². The van der Waals surface area contributed by atoms with Crippen LogP contribution >= 0.6 is 11.8 Å². The third-order valence-corrected chi connectivity index (χ3v) is 6.36. The topological polar surface area (TPSA) is 64.3 Å². The van der Waals surface area contributed by atoms with Crippen molar-refractivity contribution >= 4 is 23.4 Å². The van der Waals surface area contributed by atoms with E-state index in [4.69, 9.17) is 10.5 Å². The van der Waals surface area contributed by atoms with Crippen LogP contribution in [0.15, 0.2) is 17.2 Å². The standard InChI is InChI=1S/C19H24N4OS/c1-11-8-21-14(12(2)18(11)24-3)10-23-9-13-5-4-6-25-15-7-16(20)22-19(23)17(13)15/h7-8,13H,4-6,9-10H2,1-3H3,(H2,20,22). The van der Waals surface area contributed by atoms with Gasteiger partial charge in [0.05, 0.1) is 19.3 Å². The van der Waals surface area contributed by atoms with Gasteiger partial charge in [0.1, 0.15) is 17.4 Å². The number of nitrogen functional groups attached to an aromatic ring is 1. The van der Waals surface area contributed by atoms with Crippen LogP contribution < -0.4 is 15.4 Å². The highest BCUT2D eigenvalue weighted by Crippen LogP contribution is 2.47. The summed E-state index contributed by atoms with van der Waals surface area (Å²) in [5.41, 5.74) is 10.7. The number of anilines is 2. The zero-order chi connectivity index (χ0) is 17.6. The van der Waals surface area contributed by atoms with Gasteiger partial charge in [-0.15, -0.1) is 11.8 Å². The number of ether oxygens (including phenoxy) is 1. The summed E-state index contributed by atoms with van der Waals surface area (Å²) in [6.45, 7) is 5.85. The van der Waals surface area contributed by atoms with Gasteiger partial charge in [-0.2, -0.15) is 0 Å². The van der Waals surface area contributed by atoms with Crippen molar-refractivity contribution in [2.24, 2.45) is 0 Å². The van der Waals surface area contributed by atoms with Crippen molar-refractivity contribution in [1.82, 2.24) is 9.97 Å². The highest BCUT2D eigenvalue weighted by Gasteiger charge is 2.34. The Balaban J connectivity index is 1.72. The summed E-state index contributed by atoms with van der Waals surface area (Å²) < 4.78 is 5.56. The molecule has 132 valence electrons. The predicted octanol–water partition coefficient (Wildman–Crippen LogP) is 3.67. The fourth-order valence-corrected chi connectivity index (χ4v) is 5.17. The van der Waals surface area contributed by atoms with Gasteiger partial charge in [0.2, 0.25) is 0 Å². The third kappa shape index (κ3) is 2.82.